The molecule has 3 rings (SSSR count). The van der Waals surface area contributed by atoms with E-state index in [0.717, 1.165) is 19.6 Å². The van der Waals surface area contributed by atoms with Gasteiger partial charge >= 0.3 is 0 Å². The molecule has 2 aromatic carbocycles. The molecule has 1 heterocycles. The minimum atomic E-state index is 0.0754. The van der Waals surface area contributed by atoms with Crippen LogP contribution in [0.3, 0.4) is 0 Å². The van der Waals surface area contributed by atoms with E-state index in [0.29, 0.717) is 5.92 Å². The molecule has 0 bridgehead atoms. The van der Waals surface area contributed by atoms with Crippen molar-refractivity contribution in [3.8, 4) is 0 Å². The summed E-state index contributed by atoms with van der Waals surface area (Å²) in [5.41, 5.74) is 9.14. The SMILES string of the molecule is Cc1ccc2ccccc2c1C(N)C1CCCOC1. The maximum absolute atomic E-state index is 6.56. The summed E-state index contributed by atoms with van der Waals surface area (Å²) in [5, 5.41) is 2.57. The Balaban J connectivity index is 2.05. The molecule has 0 spiro atoms. The summed E-state index contributed by atoms with van der Waals surface area (Å²) < 4.78 is 5.60. The minimum Gasteiger partial charge on any atom is -0.381 e. The molecule has 1 saturated heterocycles. The van der Waals surface area contributed by atoms with Gasteiger partial charge in [-0.25, -0.2) is 0 Å². The van der Waals surface area contributed by atoms with Crippen LogP contribution >= 0.6 is 0 Å². The van der Waals surface area contributed by atoms with Gasteiger partial charge in [0.2, 0.25) is 0 Å². The molecule has 2 aromatic rings. The summed E-state index contributed by atoms with van der Waals surface area (Å²) in [6.07, 6.45) is 2.30. The van der Waals surface area contributed by atoms with E-state index in [1.807, 2.05) is 0 Å². The van der Waals surface area contributed by atoms with Crippen LogP contribution < -0.4 is 5.73 Å². The van der Waals surface area contributed by atoms with Crippen LogP contribution in [-0.2, 0) is 4.74 Å². The van der Waals surface area contributed by atoms with Gasteiger partial charge in [-0.2, -0.15) is 0 Å². The third-order valence-electron chi connectivity index (χ3n) is 4.23. The van der Waals surface area contributed by atoms with E-state index in [1.54, 1.807) is 0 Å². The van der Waals surface area contributed by atoms with Crippen LogP contribution in [0.1, 0.15) is 30.0 Å². The molecule has 0 aromatic heterocycles. The average Bonchev–Trinajstić information content (AvgIpc) is 2.47. The second kappa shape index (κ2) is 5.32. The predicted molar refractivity (Wildman–Crippen MR) is 79.2 cm³/mol. The van der Waals surface area contributed by atoms with Crippen molar-refractivity contribution in [2.45, 2.75) is 25.8 Å². The van der Waals surface area contributed by atoms with Crippen LogP contribution in [0, 0.1) is 12.8 Å². The smallest absolute Gasteiger partial charge is 0.0512 e. The van der Waals surface area contributed by atoms with E-state index in [9.17, 15) is 0 Å². The van der Waals surface area contributed by atoms with Crippen molar-refractivity contribution in [3.05, 3.63) is 47.5 Å². The molecule has 2 N–H and O–H groups in total. The number of ether oxygens (including phenoxy) is 1. The van der Waals surface area contributed by atoms with Crippen molar-refractivity contribution in [3.63, 3.8) is 0 Å². The van der Waals surface area contributed by atoms with Crippen LogP contribution in [-0.4, -0.2) is 13.2 Å². The molecule has 2 heteroatoms. The minimum absolute atomic E-state index is 0.0754. The third kappa shape index (κ3) is 2.38. The van der Waals surface area contributed by atoms with E-state index in [-0.39, 0.29) is 6.04 Å². The van der Waals surface area contributed by atoms with Crippen LogP contribution in [0.25, 0.3) is 10.8 Å². The Morgan fingerprint density at radius 1 is 1.21 bits per heavy atom. The topological polar surface area (TPSA) is 35.2 Å². The summed E-state index contributed by atoms with van der Waals surface area (Å²) in [5.74, 6) is 0.443. The zero-order valence-electron chi connectivity index (χ0n) is 11.4. The average molecular weight is 255 g/mol. The summed E-state index contributed by atoms with van der Waals surface area (Å²) in [7, 11) is 0. The fraction of sp³-hybridized carbons (Fsp3) is 0.412. The largest absolute Gasteiger partial charge is 0.381 e. The lowest BCUT2D eigenvalue weighted by Crippen LogP contribution is -2.29. The monoisotopic (exact) mass is 255 g/mol. The first-order valence-corrected chi connectivity index (χ1v) is 7.09. The van der Waals surface area contributed by atoms with E-state index in [1.165, 1.54) is 28.3 Å². The van der Waals surface area contributed by atoms with Gasteiger partial charge < -0.3 is 10.5 Å². The van der Waals surface area contributed by atoms with Crippen molar-refractivity contribution in [2.24, 2.45) is 11.7 Å². The van der Waals surface area contributed by atoms with Gasteiger partial charge in [0.15, 0.2) is 0 Å². The zero-order valence-corrected chi connectivity index (χ0v) is 11.4. The summed E-state index contributed by atoms with van der Waals surface area (Å²) >= 11 is 0. The lowest BCUT2D eigenvalue weighted by atomic mass is 9.85. The second-order valence-corrected chi connectivity index (χ2v) is 5.52. The van der Waals surface area contributed by atoms with E-state index in [2.05, 4.69) is 43.3 Å². The molecule has 0 radical (unpaired) electrons. The quantitative estimate of drug-likeness (QED) is 0.890. The Kier molecular flexibility index (Phi) is 3.54. The van der Waals surface area contributed by atoms with Gasteiger partial charge in [-0.05, 0) is 41.7 Å². The highest BCUT2D eigenvalue weighted by Gasteiger charge is 2.24. The Labute approximate surface area is 114 Å². The lowest BCUT2D eigenvalue weighted by molar-refractivity contribution is 0.0449. The van der Waals surface area contributed by atoms with Gasteiger partial charge in [-0.15, -0.1) is 0 Å². The van der Waals surface area contributed by atoms with Crippen LogP contribution in [0.5, 0.6) is 0 Å². The first-order valence-electron chi connectivity index (χ1n) is 7.09. The number of hydrogen-bond acceptors (Lipinski definition) is 2. The molecular weight excluding hydrogens is 234 g/mol. The molecule has 0 saturated carbocycles. The van der Waals surface area contributed by atoms with Crippen molar-refractivity contribution in [2.75, 3.05) is 13.2 Å². The summed E-state index contributed by atoms with van der Waals surface area (Å²) in [6.45, 7) is 3.84. The van der Waals surface area contributed by atoms with Crippen LogP contribution in [0.15, 0.2) is 36.4 Å². The number of nitrogens with two attached hydrogens (primary N) is 1. The molecular formula is C17H21NO. The molecule has 2 atom stereocenters. The van der Waals surface area contributed by atoms with Crippen molar-refractivity contribution < 1.29 is 4.74 Å². The first kappa shape index (κ1) is 12.6. The van der Waals surface area contributed by atoms with E-state index < -0.39 is 0 Å². The van der Waals surface area contributed by atoms with E-state index >= 15 is 0 Å². The van der Waals surface area contributed by atoms with Crippen molar-refractivity contribution in [1.29, 1.82) is 0 Å². The highest BCUT2D eigenvalue weighted by Crippen LogP contribution is 2.33. The fourth-order valence-electron chi connectivity index (χ4n) is 3.13. The van der Waals surface area contributed by atoms with Gasteiger partial charge in [0.25, 0.3) is 0 Å². The standard InChI is InChI=1S/C17H21NO/c1-12-8-9-13-5-2-3-7-15(13)16(12)17(18)14-6-4-10-19-11-14/h2-3,5,7-9,14,17H,4,6,10-11,18H2,1H3. The number of rotatable bonds is 2. The molecule has 2 unspecified atom stereocenters. The van der Waals surface area contributed by atoms with Gasteiger partial charge in [0, 0.05) is 18.6 Å². The van der Waals surface area contributed by atoms with Gasteiger partial charge in [0.1, 0.15) is 0 Å². The lowest BCUT2D eigenvalue weighted by Gasteiger charge is -2.29. The maximum atomic E-state index is 6.56. The molecule has 0 amide bonds. The van der Waals surface area contributed by atoms with Crippen LogP contribution in [0.2, 0.25) is 0 Å². The maximum Gasteiger partial charge on any atom is 0.0512 e. The second-order valence-electron chi connectivity index (χ2n) is 5.52. The van der Waals surface area contributed by atoms with E-state index in [4.69, 9.17) is 10.5 Å². The number of fused-ring (bicyclic) bond motifs is 1. The molecule has 100 valence electrons. The number of aryl methyl sites for hydroxylation is 1. The Morgan fingerprint density at radius 3 is 2.84 bits per heavy atom. The van der Waals surface area contributed by atoms with Crippen molar-refractivity contribution in [1.82, 2.24) is 0 Å². The number of hydrogen-bond donors (Lipinski definition) is 1. The molecule has 1 aliphatic heterocycles. The fourth-order valence-corrected chi connectivity index (χ4v) is 3.13. The normalized spacial score (nSPS) is 21.5. The molecule has 1 fully saturated rings. The Morgan fingerprint density at radius 2 is 2.05 bits per heavy atom. The highest BCUT2D eigenvalue weighted by molar-refractivity contribution is 5.87. The van der Waals surface area contributed by atoms with Crippen molar-refractivity contribution >= 4 is 10.8 Å². The van der Waals surface area contributed by atoms with Gasteiger partial charge in [0.05, 0.1) is 6.61 Å². The van der Waals surface area contributed by atoms with Crippen LogP contribution in [0.4, 0.5) is 0 Å². The Hall–Kier alpha value is -1.38. The Bertz CT molecular complexity index is 572. The molecule has 2 nitrogen and oxygen atoms in total. The van der Waals surface area contributed by atoms with Gasteiger partial charge in [-0.1, -0.05) is 36.4 Å². The predicted octanol–water partition coefficient (Wildman–Crippen LogP) is 3.57. The molecule has 1 aliphatic rings. The first-order chi connectivity index (χ1) is 9.27. The zero-order chi connectivity index (χ0) is 13.2. The number of benzene rings is 2. The molecule has 19 heavy (non-hydrogen) atoms. The molecule has 0 aliphatic carbocycles. The highest BCUT2D eigenvalue weighted by atomic mass is 16.5. The summed E-state index contributed by atoms with van der Waals surface area (Å²) in [4.78, 5) is 0. The third-order valence-corrected chi connectivity index (χ3v) is 4.23. The van der Waals surface area contributed by atoms with Gasteiger partial charge in [-0.3, -0.25) is 0 Å². The summed E-state index contributed by atoms with van der Waals surface area (Å²) in [6, 6.07) is 12.9.